The Morgan fingerprint density at radius 1 is 1.26 bits per heavy atom. The molecule has 31 heavy (non-hydrogen) atoms. The third-order valence-corrected chi connectivity index (χ3v) is 5.43. The molecule has 1 aromatic heterocycles. The summed E-state index contributed by atoms with van der Waals surface area (Å²) in [6, 6.07) is 7.86. The van der Waals surface area contributed by atoms with Crippen LogP contribution < -0.4 is 9.61 Å². The van der Waals surface area contributed by atoms with Crippen LogP contribution in [0.2, 0.25) is 0 Å². The number of ether oxygens (including phenoxy) is 1. The Balaban J connectivity index is 2.32. The second kappa shape index (κ2) is 10.8. The smallest absolute Gasteiger partial charge is 0.323 e. The van der Waals surface area contributed by atoms with E-state index in [0.717, 1.165) is 0 Å². The van der Waals surface area contributed by atoms with Gasteiger partial charge in [0.2, 0.25) is 0 Å². The van der Waals surface area contributed by atoms with Crippen molar-refractivity contribution in [2.75, 3.05) is 0 Å². The third kappa shape index (κ3) is 6.79. The first-order chi connectivity index (χ1) is 14.5. The minimum absolute atomic E-state index is 0.0472. The Morgan fingerprint density at radius 2 is 1.90 bits per heavy atom. The Kier molecular flexibility index (Phi) is 8.62. The minimum atomic E-state index is -2.11. The maximum absolute atomic E-state index is 12.2. The topological polar surface area (TPSA) is 107 Å². The highest BCUT2D eigenvalue weighted by Crippen LogP contribution is 2.43. The van der Waals surface area contributed by atoms with Crippen LogP contribution in [-0.4, -0.2) is 50.2 Å². The second-order valence-electron chi connectivity index (χ2n) is 7.02. The number of rotatable bonds is 10. The SMILES string of the molecule is [B]C([B])(OP(NC(C)C(=O)OC(C)C)Oc1ccccc1)c1cnc(C)c(O)c1C=O. The fourth-order valence-corrected chi connectivity index (χ4v) is 3.68. The van der Waals surface area contributed by atoms with Crippen molar-refractivity contribution >= 4 is 36.5 Å². The molecule has 2 aromatic rings. The van der Waals surface area contributed by atoms with Crippen LogP contribution in [0.25, 0.3) is 0 Å². The van der Waals surface area contributed by atoms with Crippen LogP contribution in [0.15, 0.2) is 36.5 Å². The van der Waals surface area contributed by atoms with Gasteiger partial charge in [-0.1, -0.05) is 18.2 Å². The van der Waals surface area contributed by atoms with Crippen molar-refractivity contribution < 1.29 is 28.5 Å². The van der Waals surface area contributed by atoms with Gasteiger partial charge in [-0.15, -0.1) is 0 Å². The fraction of sp³-hybridized carbons (Fsp3) is 0.350. The number of nitrogens with zero attached hydrogens (tertiary/aromatic N) is 1. The zero-order valence-electron chi connectivity index (χ0n) is 17.7. The first kappa shape index (κ1) is 24.9. The quantitative estimate of drug-likeness (QED) is 0.252. The second-order valence-corrected chi connectivity index (χ2v) is 8.16. The number of esters is 1. The molecule has 0 saturated heterocycles. The summed E-state index contributed by atoms with van der Waals surface area (Å²) in [4.78, 5) is 27.7. The zero-order chi connectivity index (χ0) is 23.2. The maximum atomic E-state index is 12.2. The number of para-hydroxylation sites is 1. The molecule has 0 aliphatic heterocycles. The Labute approximate surface area is 185 Å². The summed E-state index contributed by atoms with van der Waals surface area (Å²) in [5.74, 6) is -0.445. The number of nitrogens with one attached hydrogen (secondary N) is 1. The molecule has 0 amide bonds. The van der Waals surface area contributed by atoms with Crippen LogP contribution >= 0.6 is 8.53 Å². The summed E-state index contributed by atoms with van der Waals surface area (Å²) in [6.07, 6.45) is 1.34. The first-order valence-corrected chi connectivity index (χ1v) is 10.6. The molecule has 2 atom stereocenters. The average Bonchev–Trinajstić information content (AvgIpc) is 2.69. The molecule has 0 aliphatic carbocycles. The van der Waals surface area contributed by atoms with Crippen molar-refractivity contribution in [3.8, 4) is 11.5 Å². The highest BCUT2D eigenvalue weighted by atomic mass is 31.2. The third-order valence-electron chi connectivity index (χ3n) is 3.98. The van der Waals surface area contributed by atoms with E-state index in [0.29, 0.717) is 12.0 Å². The van der Waals surface area contributed by atoms with Gasteiger partial charge < -0.3 is 18.9 Å². The van der Waals surface area contributed by atoms with Gasteiger partial charge >= 0.3 is 14.5 Å². The van der Waals surface area contributed by atoms with Crippen LogP contribution in [0, 0.1) is 6.92 Å². The van der Waals surface area contributed by atoms with Crippen LogP contribution in [0.3, 0.4) is 0 Å². The van der Waals surface area contributed by atoms with Crippen molar-refractivity contribution in [1.82, 2.24) is 10.1 Å². The summed E-state index contributed by atoms with van der Waals surface area (Å²) < 4.78 is 16.8. The number of pyridine rings is 1. The number of carbonyl (C=O) groups is 2. The summed E-state index contributed by atoms with van der Waals surface area (Å²) in [6.45, 7) is 6.55. The molecule has 0 saturated carbocycles. The summed E-state index contributed by atoms with van der Waals surface area (Å²) in [7, 11) is 10.2. The molecule has 0 bridgehead atoms. The van der Waals surface area contributed by atoms with Crippen molar-refractivity contribution in [2.45, 2.75) is 45.2 Å². The lowest BCUT2D eigenvalue weighted by atomic mass is 9.61. The van der Waals surface area contributed by atoms with Crippen molar-refractivity contribution in [3.63, 3.8) is 0 Å². The monoisotopic (exact) mass is 440 g/mol. The number of aldehydes is 1. The fourth-order valence-electron chi connectivity index (χ4n) is 2.43. The summed E-state index contributed by atoms with van der Waals surface area (Å²) in [5.41, 5.74) is 0.0287. The predicted molar refractivity (Wildman–Crippen MR) is 118 cm³/mol. The minimum Gasteiger partial charge on any atom is -0.505 e. The Bertz CT molecular complexity index is 914. The van der Waals surface area contributed by atoms with Gasteiger partial charge in [-0.05, 0) is 45.4 Å². The largest absolute Gasteiger partial charge is 0.505 e. The van der Waals surface area contributed by atoms with E-state index in [1.54, 1.807) is 51.1 Å². The van der Waals surface area contributed by atoms with Gasteiger partial charge in [0, 0.05) is 11.6 Å². The molecule has 2 unspecified atom stereocenters. The van der Waals surface area contributed by atoms with Crippen molar-refractivity contribution in [1.29, 1.82) is 0 Å². The van der Waals surface area contributed by atoms with Gasteiger partial charge in [-0.25, -0.2) is 5.09 Å². The molecule has 11 heteroatoms. The molecular formula is C20H23B2N2O6P. The predicted octanol–water partition coefficient (Wildman–Crippen LogP) is 2.61. The Hall–Kier alpha value is -2.41. The van der Waals surface area contributed by atoms with Crippen molar-refractivity contribution in [3.05, 3.63) is 53.3 Å². The van der Waals surface area contributed by atoms with Crippen LogP contribution in [-0.2, 0) is 19.5 Å². The van der Waals surface area contributed by atoms with Crippen molar-refractivity contribution in [2.24, 2.45) is 0 Å². The average molecular weight is 440 g/mol. The number of aryl methyl sites for hydroxylation is 1. The lowest BCUT2D eigenvalue weighted by Crippen LogP contribution is -2.38. The van der Waals surface area contributed by atoms with E-state index in [1.807, 2.05) is 0 Å². The molecule has 1 heterocycles. The van der Waals surface area contributed by atoms with E-state index in [1.165, 1.54) is 13.1 Å². The van der Waals surface area contributed by atoms with E-state index in [9.17, 15) is 14.7 Å². The van der Waals surface area contributed by atoms with Gasteiger partial charge in [0.15, 0.2) is 6.29 Å². The van der Waals surface area contributed by atoms with Crippen LogP contribution in [0.1, 0.15) is 42.4 Å². The zero-order valence-corrected chi connectivity index (χ0v) is 18.6. The van der Waals surface area contributed by atoms with E-state index in [2.05, 4.69) is 10.1 Å². The van der Waals surface area contributed by atoms with Crippen LogP contribution in [0.4, 0.5) is 0 Å². The number of aromatic hydroxyl groups is 1. The normalized spacial score (nSPS) is 13.5. The number of carbonyl (C=O) groups excluding carboxylic acids is 2. The molecule has 0 spiro atoms. The van der Waals surface area contributed by atoms with Gasteiger partial charge in [0.1, 0.15) is 33.2 Å². The van der Waals surface area contributed by atoms with Gasteiger partial charge in [0.05, 0.1) is 17.4 Å². The molecule has 1 aromatic carbocycles. The molecule has 0 aliphatic rings. The number of benzene rings is 1. The summed E-state index contributed by atoms with van der Waals surface area (Å²) >= 11 is 0. The number of hydrogen-bond acceptors (Lipinski definition) is 8. The van der Waals surface area contributed by atoms with E-state index >= 15 is 0 Å². The molecule has 2 N–H and O–H groups in total. The number of aromatic nitrogens is 1. The van der Waals surface area contributed by atoms with E-state index < -0.39 is 25.9 Å². The molecule has 8 nitrogen and oxygen atoms in total. The molecule has 2 rings (SSSR count). The number of hydrogen-bond donors (Lipinski definition) is 2. The molecule has 0 fully saturated rings. The first-order valence-electron chi connectivity index (χ1n) is 9.46. The highest BCUT2D eigenvalue weighted by Gasteiger charge is 2.33. The molecular weight excluding hydrogens is 417 g/mol. The lowest BCUT2D eigenvalue weighted by molar-refractivity contribution is -0.149. The highest BCUT2D eigenvalue weighted by molar-refractivity contribution is 7.45. The van der Waals surface area contributed by atoms with E-state index in [4.69, 9.17) is 29.5 Å². The van der Waals surface area contributed by atoms with Gasteiger partial charge in [-0.2, -0.15) is 0 Å². The summed E-state index contributed by atoms with van der Waals surface area (Å²) in [5, 5.41) is 10.9. The Morgan fingerprint density at radius 3 is 2.48 bits per heavy atom. The van der Waals surface area contributed by atoms with Gasteiger partial charge in [0.25, 0.3) is 0 Å². The molecule has 4 radical (unpaired) electrons. The van der Waals surface area contributed by atoms with Gasteiger partial charge in [-0.3, -0.25) is 14.6 Å². The molecule has 160 valence electrons. The maximum Gasteiger partial charge on any atom is 0.323 e. The van der Waals surface area contributed by atoms with E-state index in [-0.39, 0.29) is 28.7 Å². The lowest BCUT2D eigenvalue weighted by Gasteiger charge is -2.33. The standard InChI is InChI=1S/C20H23B2N2O6P/c1-12(2)28-19(27)14(4)24-31(29-15-8-6-5-7-9-15)30-20(21,22)17-10-23-13(3)18(26)16(17)11-25/h5-12,14,24,26H,1-4H3. The van der Waals surface area contributed by atoms with Crippen LogP contribution in [0.5, 0.6) is 11.5 Å².